The Labute approximate surface area is 148 Å². The van der Waals surface area contributed by atoms with Crippen LogP contribution in [0.2, 0.25) is 0 Å². The number of aromatic nitrogens is 1. The highest BCUT2D eigenvalue weighted by Crippen LogP contribution is 2.23. The highest BCUT2D eigenvalue weighted by atomic mass is 16.3. The lowest BCUT2D eigenvalue weighted by atomic mass is 10.0. The fourth-order valence-corrected chi connectivity index (χ4v) is 3.31. The molecule has 1 amide bonds. The second-order valence-corrected chi connectivity index (χ2v) is 6.63. The van der Waals surface area contributed by atoms with E-state index in [1.807, 2.05) is 48.3 Å². The van der Waals surface area contributed by atoms with Gasteiger partial charge in [-0.25, -0.2) is 0 Å². The molecule has 1 fully saturated rings. The molecule has 5 nitrogen and oxygen atoms in total. The van der Waals surface area contributed by atoms with Crippen LogP contribution in [-0.2, 0) is 11.2 Å². The zero-order valence-corrected chi connectivity index (χ0v) is 14.6. The van der Waals surface area contributed by atoms with Crippen LogP contribution in [0, 0.1) is 0 Å². The summed E-state index contributed by atoms with van der Waals surface area (Å²) in [7, 11) is 1.86. The molecule has 0 aliphatic carbocycles. The van der Waals surface area contributed by atoms with Gasteiger partial charge in [0.25, 0.3) is 0 Å². The molecule has 1 aromatic carbocycles. The summed E-state index contributed by atoms with van der Waals surface area (Å²) in [5.74, 6) is 0.0484. The molecule has 2 aromatic rings. The van der Waals surface area contributed by atoms with Crippen molar-refractivity contribution < 1.29 is 9.90 Å². The van der Waals surface area contributed by atoms with Gasteiger partial charge >= 0.3 is 0 Å². The zero-order valence-electron chi connectivity index (χ0n) is 14.6. The van der Waals surface area contributed by atoms with Crippen molar-refractivity contribution in [3.63, 3.8) is 0 Å². The predicted octanol–water partition coefficient (Wildman–Crippen LogP) is 1.89. The van der Waals surface area contributed by atoms with Crippen molar-refractivity contribution in [2.75, 3.05) is 26.7 Å². The lowest BCUT2D eigenvalue weighted by Crippen LogP contribution is -2.39. The monoisotopic (exact) mass is 339 g/mol. The number of pyridine rings is 1. The van der Waals surface area contributed by atoms with E-state index >= 15 is 0 Å². The third-order valence-electron chi connectivity index (χ3n) is 4.78. The van der Waals surface area contributed by atoms with Crippen molar-refractivity contribution >= 4 is 5.91 Å². The Kier molecular flexibility index (Phi) is 5.79. The number of likely N-dealkylation sites (N-methyl/N-ethyl adjacent to an activating group) is 1. The Bertz CT molecular complexity index is 678. The Hall–Kier alpha value is -2.24. The summed E-state index contributed by atoms with van der Waals surface area (Å²) in [5.41, 5.74) is 1.89. The van der Waals surface area contributed by atoms with E-state index in [1.54, 1.807) is 6.20 Å². The largest absolute Gasteiger partial charge is 0.392 e. The molecule has 132 valence electrons. The van der Waals surface area contributed by atoms with Crippen LogP contribution in [0.15, 0.2) is 54.7 Å². The lowest BCUT2D eigenvalue weighted by Gasteiger charge is -2.32. The van der Waals surface area contributed by atoms with Gasteiger partial charge in [0.1, 0.15) is 0 Å². The summed E-state index contributed by atoms with van der Waals surface area (Å²) in [6, 6.07) is 15.7. The summed E-state index contributed by atoms with van der Waals surface area (Å²) >= 11 is 0. The van der Waals surface area contributed by atoms with Crippen LogP contribution in [0.3, 0.4) is 0 Å². The van der Waals surface area contributed by atoms with Crippen molar-refractivity contribution in [1.82, 2.24) is 14.8 Å². The number of likely N-dealkylation sites (tertiary alicyclic amines) is 1. The van der Waals surface area contributed by atoms with Gasteiger partial charge < -0.3 is 10.0 Å². The quantitative estimate of drug-likeness (QED) is 0.873. The number of aliphatic hydroxyl groups is 1. The molecule has 1 saturated heterocycles. The highest BCUT2D eigenvalue weighted by molar-refractivity contribution is 5.78. The average Bonchev–Trinajstić information content (AvgIpc) is 3.05. The average molecular weight is 339 g/mol. The van der Waals surface area contributed by atoms with Crippen molar-refractivity contribution in [1.29, 1.82) is 0 Å². The minimum Gasteiger partial charge on any atom is -0.392 e. The number of hydrogen-bond donors (Lipinski definition) is 1. The molecule has 2 heterocycles. The first-order chi connectivity index (χ1) is 12.1. The van der Waals surface area contributed by atoms with Gasteiger partial charge in [-0.15, -0.1) is 0 Å². The minimum atomic E-state index is -0.258. The molecule has 3 rings (SSSR count). The Morgan fingerprint density at radius 2 is 2.04 bits per heavy atom. The summed E-state index contributed by atoms with van der Waals surface area (Å²) in [6.07, 6.45) is 2.55. The number of β-amino-alcohol motifs (C(OH)–C–C–N with tert-alkyl or cyclic N) is 1. The van der Waals surface area contributed by atoms with E-state index in [0.717, 1.165) is 30.8 Å². The molecule has 0 spiro atoms. The van der Waals surface area contributed by atoms with Crippen LogP contribution in [-0.4, -0.2) is 58.6 Å². The van der Waals surface area contributed by atoms with E-state index in [-0.39, 0.29) is 18.1 Å². The van der Waals surface area contributed by atoms with E-state index in [2.05, 4.69) is 22.0 Å². The summed E-state index contributed by atoms with van der Waals surface area (Å²) in [4.78, 5) is 21.1. The normalized spacial score (nSPS) is 18.9. The van der Waals surface area contributed by atoms with Gasteiger partial charge in [0.15, 0.2) is 0 Å². The number of benzene rings is 1. The van der Waals surface area contributed by atoms with Gasteiger partial charge in [0, 0.05) is 38.6 Å². The van der Waals surface area contributed by atoms with E-state index in [1.165, 1.54) is 0 Å². The summed E-state index contributed by atoms with van der Waals surface area (Å²) in [6.45, 7) is 2.27. The lowest BCUT2D eigenvalue weighted by molar-refractivity contribution is -0.131. The molecule has 0 bridgehead atoms. The minimum absolute atomic E-state index is 0.0392. The highest BCUT2D eigenvalue weighted by Gasteiger charge is 2.28. The van der Waals surface area contributed by atoms with Gasteiger partial charge in [0.05, 0.1) is 18.6 Å². The first-order valence-corrected chi connectivity index (χ1v) is 8.74. The molecular formula is C20H25N3O2. The zero-order chi connectivity index (χ0) is 17.6. The fourth-order valence-electron chi connectivity index (χ4n) is 3.31. The van der Waals surface area contributed by atoms with Gasteiger partial charge in [-0.1, -0.05) is 36.4 Å². The molecule has 0 saturated carbocycles. The molecule has 1 aliphatic heterocycles. The molecular weight excluding hydrogens is 314 g/mol. The Morgan fingerprint density at radius 3 is 2.68 bits per heavy atom. The maximum atomic E-state index is 12.8. The standard InChI is InChI=1S/C20H25N3O2/c1-22(20(25)13-17-9-5-6-11-21-17)19(16-7-3-2-4-8-16)15-23-12-10-18(24)14-23/h2-9,11,18-19,24H,10,12-15H2,1H3/t18-,19-/m1/s1. The van der Waals surface area contributed by atoms with Crippen LogP contribution >= 0.6 is 0 Å². The van der Waals surface area contributed by atoms with Crippen LogP contribution < -0.4 is 0 Å². The number of carbonyl (C=O) groups excluding carboxylic acids is 1. The fraction of sp³-hybridized carbons (Fsp3) is 0.400. The second kappa shape index (κ2) is 8.23. The van der Waals surface area contributed by atoms with E-state index < -0.39 is 0 Å². The molecule has 2 atom stereocenters. The first-order valence-electron chi connectivity index (χ1n) is 8.74. The number of hydrogen-bond acceptors (Lipinski definition) is 4. The topological polar surface area (TPSA) is 56.7 Å². The molecule has 25 heavy (non-hydrogen) atoms. The number of amides is 1. The SMILES string of the molecule is CN(C(=O)Cc1ccccn1)[C@H](CN1CC[C@@H](O)C1)c1ccccc1. The van der Waals surface area contributed by atoms with Crippen molar-refractivity contribution in [2.45, 2.75) is 25.0 Å². The van der Waals surface area contributed by atoms with Crippen LogP contribution in [0.4, 0.5) is 0 Å². The Morgan fingerprint density at radius 1 is 1.28 bits per heavy atom. The number of nitrogens with zero attached hydrogens (tertiary/aromatic N) is 3. The molecule has 1 N–H and O–H groups in total. The molecule has 1 aliphatic rings. The van der Waals surface area contributed by atoms with Crippen LogP contribution in [0.5, 0.6) is 0 Å². The smallest absolute Gasteiger partial charge is 0.228 e. The summed E-state index contributed by atoms with van der Waals surface area (Å²) in [5, 5.41) is 9.80. The first kappa shape index (κ1) is 17.6. The number of rotatable bonds is 6. The second-order valence-electron chi connectivity index (χ2n) is 6.63. The number of aliphatic hydroxyl groups excluding tert-OH is 1. The molecule has 0 radical (unpaired) electrons. The maximum absolute atomic E-state index is 12.8. The molecule has 5 heteroatoms. The van der Waals surface area contributed by atoms with E-state index in [0.29, 0.717) is 13.0 Å². The van der Waals surface area contributed by atoms with Crippen LogP contribution in [0.1, 0.15) is 23.7 Å². The van der Waals surface area contributed by atoms with Crippen molar-refractivity contribution in [2.24, 2.45) is 0 Å². The number of carbonyl (C=O) groups is 1. The predicted molar refractivity (Wildman–Crippen MR) is 97.0 cm³/mol. The van der Waals surface area contributed by atoms with E-state index in [9.17, 15) is 9.90 Å². The third-order valence-corrected chi connectivity index (χ3v) is 4.78. The van der Waals surface area contributed by atoms with Crippen molar-refractivity contribution in [3.8, 4) is 0 Å². The third kappa shape index (κ3) is 4.65. The van der Waals surface area contributed by atoms with Gasteiger partial charge in [-0.2, -0.15) is 0 Å². The Balaban J connectivity index is 1.74. The molecule has 0 unspecified atom stereocenters. The maximum Gasteiger partial charge on any atom is 0.228 e. The van der Waals surface area contributed by atoms with Gasteiger partial charge in [-0.05, 0) is 24.1 Å². The van der Waals surface area contributed by atoms with E-state index in [4.69, 9.17) is 0 Å². The molecule has 1 aromatic heterocycles. The van der Waals surface area contributed by atoms with Crippen molar-refractivity contribution in [3.05, 3.63) is 66.0 Å². The summed E-state index contributed by atoms with van der Waals surface area (Å²) < 4.78 is 0. The van der Waals surface area contributed by atoms with Gasteiger partial charge in [-0.3, -0.25) is 14.7 Å². The van der Waals surface area contributed by atoms with Crippen LogP contribution in [0.25, 0.3) is 0 Å². The van der Waals surface area contributed by atoms with Gasteiger partial charge in [0.2, 0.25) is 5.91 Å².